The molecule has 0 aliphatic carbocycles. The van der Waals surface area contributed by atoms with Crippen LogP contribution in [0.4, 0.5) is 11.4 Å². The number of aryl methyl sites for hydroxylation is 1. The summed E-state index contributed by atoms with van der Waals surface area (Å²) in [5.74, 6) is 0.447. The minimum Gasteiger partial charge on any atom is -0.497 e. The van der Waals surface area contributed by atoms with Crippen molar-refractivity contribution in [3.05, 3.63) is 89.1 Å². The predicted octanol–water partition coefficient (Wildman–Crippen LogP) is 5.11. The van der Waals surface area contributed by atoms with E-state index < -0.39 is 11.8 Å². The quantitative estimate of drug-likeness (QED) is 0.515. The lowest BCUT2D eigenvalue weighted by Crippen LogP contribution is -2.32. The first-order valence-corrected chi connectivity index (χ1v) is 10.8. The lowest BCUT2D eigenvalue weighted by molar-refractivity contribution is -0.120. The van der Waals surface area contributed by atoms with Crippen LogP contribution < -0.4 is 19.7 Å². The number of carbonyl (C=O) groups is 2. The maximum atomic E-state index is 13.6. The lowest BCUT2D eigenvalue weighted by Gasteiger charge is -2.16. The van der Waals surface area contributed by atoms with Crippen LogP contribution in [0.3, 0.4) is 0 Å². The van der Waals surface area contributed by atoms with Gasteiger partial charge in [-0.15, -0.1) is 0 Å². The first kappa shape index (κ1) is 22.1. The van der Waals surface area contributed by atoms with Crippen LogP contribution in [0.5, 0.6) is 11.5 Å². The zero-order chi connectivity index (χ0) is 23.5. The van der Waals surface area contributed by atoms with E-state index in [4.69, 9.17) is 9.47 Å². The second-order valence-electron chi connectivity index (χ2n) is 7.73. The molecule has 6 nitrogen and oxygen atoms in total. The number of benzene rings is 3. The molecule has 0 spiro atoms. The van der Waals surface area contributed by atoms with Gasteiger partial charge < -0.3 is 14.8 Å². The highest BCUT2D eigenvalue weighted by molar-refractivity contribution is 6.46. The highest BCUT2D eigenvalue weighted by Crippen LogP contribution is 2.36. The van der Waals surface area contributed by atoms with Gasteiger partial charge in [0.2, 0.25) is 0 Å². The van der Waals surface area contributed by atoms with Gasteiger partial charge in [-0.1, -0.05) is 30.3 Å². The normalized spacial score (nSPS) is 13.5. The number of hydrogen-bond donors (Lipinski definition) is 1. The van der Waals surface area contributed by atoms with Gasteiger partial charge in [-0.2, -0.15) is 0 Å². The molecule has 0 saturated carbocycles. The van der Waals surface area contributed by atoms with E-state index in [0.29, 0.717) is 34.9 Å². The van der Waals surface area contributed by atoms with Crippen molar-refractivity contribution >= 4 is 28.8 Å². The first-order valence-electron chi connectivity index (χ1n) is 10.8. The second-order valence-corrected chi connectivity index (χ2v) is 7.73. The molecular formula is C27H26N2O4. The number of anilines is 2. The number of rotatable bonds is 7. The van der Waals surface area contributed by atoms with Gasteiger partial charge in [-0.25, -0.2) is 4.90 Å². The molecule has 2 amide bonds. The van der Waals surface area contributed by atoms with Crippen LogP contribution in [0, 0.1) is 13.8 Å². The molecule has 0 saturated heterocycles. The minimum atomic E-state index is -0.418. The maximum absolute atomic E-state index is 13.6. The van der Waals surface area contributed by atoms with Crippen LogP contribution in [0.15, 0.2) is 72.4 Å². The van der Waals surface area contributed by atoms with E-state index in [0.717, 1.165) is 16.8 Å². The predicted molar refractivity (Wildman–Crippen MR) is 130 cm³/mol. The molecule has 0 aromatic heterocycles. The van der Waals surface area contributed by atoms with Crippen LogP contribution in [0.2, 0.25) is 0 Å². The van der Waals surface area contributed by atoms with Crippen molar-refractivity contribution in [3.63, 3.8) is 0 Å². The Bertz CT molecular complexity index is 1250. The molecule has 0 atom stereocenters. The summed E-state index contributed by atoms with van der Waals surface area (Å²) < 4.78 is 10.8. The Morgan fingerprint density at radius 1 is 0.879 bits per heavy atom. The number of hydrogen-bond acceptors (Lipinski definition) is 5. The van der Waals surface area contributed by atoms with Crippen molar-refractivity contribution in [3.8, 4) is 11.5 Å². The molecule has 168 valence electrons. The topological polar surface area (TPSA) is 67.9 Å². The van der Waals surface area contributed by atoms with Crippen molar-refractivity contribution in [1.82, 2.24) is 0 Å². The standard InChI is InChI=1S/C27H26N2O4/c1-5-33-21-14-12-19(13-15-21)24-25(28-23-11-6-8-17(2)18(23)3)27(31)29(26(24)30)20-9-7-10-22(16-20)32-4/h6-16,28H,5H2,1-4H3. The molecule has 3 aromatic rings. The van der Waals surface area contributed by atoms with Gasteiger partial charge in [0.05, 0.1) is 25.0 Å². The van der Waals surface area contributed by atoms with E-state index in [1.165, 1.54) is 4.90 Å². The van der Waals surface area contributed by atoms with Gasteiger partial charge in [0.15, 0.2) is 0 Å². The summed E-state index contributed by atoms with van der Waals surface area (Å²) in [4.78, 5) is 28.4. The Morgan fingerprint density at radius 2 is 1.61 bits per heavy atom. The summed E-state index contributed by atoms with van der Waals surface area (Å²) in [7, 11) is 1.55. The van der Waals surface area contributed by atoms with E-state index in [1.54, 1.807) is 55.6 Å². The van der Waals surface area contributed by atoms with Crippen molar-refractivity contribution in [1.29, 1.82) is 0 Å². The van der Waals surface area contributed by atoms with Crippen LogP contribution in [0.1, 0.15) is 23.6 Å². The molecule has 1 aliphatic heterocycles. The highest BCUT2D eigenvalue weighted by Gasteiger charge is 2.40. The number of imide groups is 1. The first-order chi connectivity index (χ1) is 15.9. The molecule has 3 aromatic carbocycles. The van der Waals surface area contributed by atoms with Crippen LogP contribution in [-0.2, 0) is 9.59 Å². The zero-order valence-corrected chi connectivity index (χ0v) is 19.1. The molecular weight excluding hydrogens is 416 g/mol. The maximum Gasteiger partial charge on any atom is 0.282 e. The fourth-order valence-electron chi connectivity index (χ4n) is 3.80. The third-order valence-corrected chi connectivity index (χ3v) is 5.71. The fourth-order valence-corrected chi connectivity index (χ4v) is 3.80. The third kappa shape index (κ3) is 4.20. The number of amides is 2. The molecule has 0 radical (unpaired) electrons. The third-order valence-electron chi connectivity index (χ3n) is 5.71. The SMILES string of the molecule is CCOc1ccc(C2=C(Nc3cccc(C)c3C)C(=O)N(c3cccc(OC)c3)C2=O)cc1. The van der Waals surface area contributed by atoms with Crippen LogP contribution in [-0.4, -0.2) is 25.5 Å². The van der Waals surface area contributed by atoms with Gasteiger partial charge in [0, 0.05) is 11.8 Å². The molecule has 6 heteroatoms. The Morgan fingerprint density at radius 3 is 2.30 bits per heavy atom. The molecule has 1 heterocycles. The summed E-state index contributed by atoms with van der Waals surface area (Å²) in [6.07, 6.45) is 0. The van der Waals surface area contributed by atoms with E-state index in [-0.39, 0.29) is 5.70 Å². The molecule has 1 aliphatic rings. The number of nitrogens with zero attached hydrogens (tertiary/aromatic N) is 1. The summed E-state index contributed by atoms with van der Waals surface area (Å²) in [5.41, 5.74) is 4.51. The number of ether oxygens (including phenoxy) is 2. The van der Waals surface area contributed by atoms with Gasteiger partial charge in [-0.05, 0) is 67.8 Å². The van der Waals surface area contributed by atoms with Crippen molar-refractivity contribution < 1.29 is 19.1 Å². The fraction of sp³-hybridized carbons (Fsp3) is 0.185. The number of methoxy groups -OCH3 is 1. The molecule has 0 bridgehead atoms. The lowest BCUT2D eigenvalue weighted by atomic mass is 10.0. The van der Waals surface area contributed by atoms with Gasteiger partial charge >= 0.3 is 0 Å². The minimum absolute atomic E-state index is 0.237. The van der Waals surface area contributed by atoms with Crippen molar-refractivity contribution in [2.24, 2.45) is 0 Å². The molecule has 33 heavy (non-hydrogen) atoms. The van der Waals surface area contributed by atoms with Gasteiger partial charge in [0.25, 0.3) is 11.8 Å². The second kappa shape index (κ2) is 9.20. The zero-order valence-electron chi connectivity index (χ0n) is 19.1. The summed E-state index contributed by atoms with van der Waals surface area (Å²) in [5, 5.41) is 3.25. The molecule has 0 fully saturated rings. The van der Waals surface area contributed by atoms with E-state index in [1.807, 2.05) is 39.0 Å². The Labute approximate surface area is 193 Å². The Kier molecular flexibility index (Phi) is 6.18. The number of carbonyl (C=O) groups excluding carboxylic acids is 2. The van der Waals surface area contributed by atoms with Crippen LogP contribution >= 0.6 is 0 Å². The highest BCUT2D eigenvalue weighted by atomic mass is 16.5. The Hall–Kier alpha value is -4.06. The van der Waals surface area contributed by atoms with Crippen molar-refractivity contribution in [2.75, 3.05) is 23.9 Å². The van der Waals surface area contributed by atoms with E-state index in [2.05, 4.69) is 5.32 Å². The molecule has 1 N–H and O–H groups in total. The molecule has 0 unspecified atom stereocenters. The average molecular weight is 443 g/mol. The van der Waals surface area contributed by atoms with Gasteiger partial charge in [0.1, 0.15) is 17.2 Å². The number of nitrogens with one attached hydrogen (secondary N) is 1. The van der Waals surface area contributed by atoms with Crippen LogP contribution in [0.25, 0.3) is 5.57 Å². The summed E-state index contributed by atoms with van der Waals surface area (Å²) in [6.45, 7) is 6.44. The smallest absolute Gasteiger partial charge is 0.282 e. The Balaban J connectivity index is 1.82. The van der Waals surface area contributed by atoms with Gasteiger partial charge in [-0.3, -0.25) is 9.59 Å². The van der Waals surface area contributed by atoms with E-state index in [9.17, 15) is 9.59 Å². The average Bonchev–Trinajstić information content (AvgIpc) is 3.07. The largest absolute Gasteiger partial charge is 0.497 e. The summed E-state index contributed by atoms with van der Waals surface area (Å²) in [6, 6.07) is 19.9. The monoisotopic (exact) mass is 442 g/mol. The van der Waals surface area contributed by atoms with E-state index >= 15 is 0 Å². The summed E-state index contributed by atoms with van der Waals surface area (Å²) >= 11 is 0. The molecule has 4 rings (SSSR count). The van der Waals surface area contributed by atoms with Crippen molar-refractivity contribution in [2.45, 2.75) is 20.8 Å².